The molecule has 0 bridgehead atoms. The normalized spacial score (nSPS) is 12.6. The van der Waals surface area contributed by atoms with Gasteiger partial charge in [0.2, 0.25) is 5.91 Å². The minimum Gasteiger partial charge on any atom is -0.466 e. The van der Waals surface area contributed by atoms with Gasteiger partial charge in [-0.2, -0.15) is 0 Å². The molecule has 0 aliphatic carbocycles. The lowest BCUT2D eigenvalue weighted by Gasteiger charge is -2.20. The van der Waals surface area contributed by atoms with Gasteiger partial charge in [-0.1, -0.05) is 289 Å². The van der Waals surface area contributed by atoms with E-state index >= 15 is 0 Å². The molecule has 2 atom stereocenters. The van der Waals surface area contributed by atoms with Crippen molar-refractivity contribution in [1.82, 2.24) is 5.32 Å². The third-order valence-electron chi connectivity index (χ3n) is 13.6. The zero-order valence-corrected chi connectivity index (χ0v) is 43.3. The molecule has 0 aromatic heterocycles. The van der Waals surface area contributed by atoms with Gasteiger partial charge in [-0.3, -0.25) is 9.59 Å². The Balaban J connectivity index is 3.37. The number of hydrogen-bond acceptors (Lipinski definition) is 5. The van der Waals surface area contributed by atoms with Crippen molar-refractivity contribution in [1.29, 1.82) is 0 Å². The zero-order valence-electron chi connectivity index (χ0n) is 43.3. The zero-order chi connectivity index (χ0) is 46.5. The first kappa shape index (κ1) is 62.6. The summed E-state index contributed by atoms with van der Waals surface area (Å²) in [7, 11) is 0. The summed E-state index contributed by atoms with van der Waals surface area (Å²) in [6, 6.07) is -0.626. The molecule has 3 N–H and O–H groups in total. The number of rotatable bonds is 54. The van der Waals surface area contributed by atoms with Crippen molar-refractivity contribution in [2.75, 3.05) is 13.2 Å². The summed E-state index contributed by atoms with van der Waals surface area (Å²) in [5.41, 5.74) is 0. The number of allylic oxidation sites excluding steroid dienone is 1. The van der Waals surface area contributed by atoms with Gasteiger partial charge in [0.1, 0.15) is 0 Å². The Morgan fingerprint density at radius 3 is 1.06 bits per heavy atom. The van der Waals surface area contributed by atoms with E-state index in [0.29, 0.717) is 19.4 Å². The van der Waals surface area contributed by atoms with E-state index in [0.717, 1.165) is 38.5 Å². The van der Waals surface area contributed by atoms with E-state index in [1.54, 1.807) is 6.08 Å². The second-order valence-corrected chi connectivity index (χ2v) is 20.0. The van der Waals surface area contributed by atoms with Crippen LogP contribution in [0.15, 0.2) is 12.2 Å². The van der Waals surface area contributed by atoms with Gasteiger partial charge in [0.25, 0.3) is 0 Å². The van der Waals surface area contributed by atoms with Gasteiger partial charge < -0.3 is 20.3 Å². The minimum atomic E-state index is -0.842. The number of ether oxygens (including phenoxy) is 1. The second kappa shape index (κ2) is 54.2. The fourth-order valence-corrected chi connectivity index (χ4v) is 9.11. The maximum atomic E-state index is 12.4. The molecule has 64 heavy (non-hydrogen) atoms. The number of hydrogen-bond donors (Lipinski definition) is 3. The molecular weight excluding hydrogens is 791 g/mol. The van der Waals surface area contributed by atoms with Crippen molar-refractivity contribution in [3.05, 3.63) is 12.2 Å². The Morgan fingerprint density at radius 1 is 0.422 bits per heavy atom. The third kappa shape index (κ3) is 50.0. The van der Waals surface area contributed by atoms with Crippen LogP contribution in [0.3, 0.4) is 0 Å². The Labute approximate surface area is 399 Å². The van der Waals surface area contributed by atoms with E-state index in [1.165, 1.54) is 257 Å². The van der Waals surface area contributed by atoms with Crippen LogP contribution < -0.4 is 5.32 Å². The van der Waals surface area contributed by atoms with Gasteiger partial charge in [-0.15, -0.1) is 0 Å². The van der Waals surface area contributed by atoms with Crippen LogP contribution in [0.4, 0.5) is 0 Å². The lowest BCUT2D eigenvalue weighted by atomic mass is 10.0. The maximum Gasteiger partial charge on any atom is 0.305 e. The molecule has 0 aromatic carbocycles. The molecular formula is C58H113NO5. The number of unbranched alkanes of at least 4 members (excludes halogenated alkanes) is 43. The summed E-state index contributed by atoms with van der Waals surface area (Å²) in [6.07, 6.45) is 63.8. The molecule has 2 unspecified atom stereocenters. The van der Waals surface area contributed by atoms with Crippen LogP contribution in [0.5, 0.6) is 0 Å². The quantitative estimate of drug-likeness (QED) is 0.0321. The topological polar surface area (TPSA) is 95.9 Å². The van der Waals surface area contributed by atoms with Crippen molar-refractivity contribution in [2.24, 2.45) is 0 Å². The highest BCUT2D eigenvalue weighted by Crippen LogP contribution is 2.17. The number of carbonyl (C=O) groups excluding carboxylic acids is 2. The van der Waals surface area contributed by atoms with Gasteiger partial charge in [0, 0.05) is 12.8 Å². The molecule has 0 radical (unpaired) electrons. The first-order valence-corrected chi connectivity index (χ1v) is 29.0. The van der Waals surface area contributed by atoms with Crippen molar-refractivity contribution in [3.8, 4) is 0 Å². The van der Waals surface area contributed by atoms with E-state index in [9.17, 15) is 19.8 Å². The van der Waals surface area contributed by atoms with Crippen LogP contribution in [0.2, 0.25) is 0 Å². The minimum absolute atomic E-state index is 0.0145. The highest BCUT2D eigenvalue weighted by Gasteiger charge is 2.18. The summed E-state index contributed by atoms with van der Waals surface area (Å²) in [6.45, 7) is 4.91. The lowest BCUT2D eigenvalue weighted by Crippen LogP contribution is -2.45. The molecule has 6 heteroatoms. The van der Waals surface area contributed by atoms with E-state index in [-0.39, 0.29) is 18.5 Å². The summed E-state index contributed by atoms with van der Waals surface area (Å²) in [5.74, 6) is -0.0531. The molecule has 0 rings (SSSR count). The maximum absolute atomic E-state index is 12.4. The van der Waals surface area contributed by atoms with Gasteiger partial charge in [-0.25, -0.2) is 0 Å². The van der Waals surface area contributed by atoms with E-state index in [4.69, 9.17) is 4.74 Å². The van der Waals surface area contributed by atoms with Gasteiger partial charge in [0.15, 0.2) is 0 Å². The molecule has 380 valence electrons. The highest BCUT2D eigenvalue weighted by molar-refractivity contribution is 5.76. The standard InChI is InChI=1S/C58H113NO5/c1-3-5-7-9-11-13-15-27-32-36-40-44-48-52-58(63)64-53-49-45-41-37-33-29-26-24-22-20-18-17-19-21-23-25-28-31-35-39-43-47-51-57(62)59-55(54-60)56(61)50-46-42-38-34-30-16-14-12-10-8-6-4-2/h46,50,55-56,60-61H,3-45,47-49,51-54H2,1-2H3,(H,59,62)/b50-46+. The van der Waals surface area contributed by atoms with Gasteiger partial charge in [0.05, 0.1) is 25.4 Å². The summed E-state index contributed by atoms with van der Waals surface area (Å²) in [5, 5.41) is 23.0. The smallest absolute Gasteiger partial charge is 0.305 e. The number of carbonyl (C=O) groups is 2. The average molecular weight is 905 g/mol. The molecule has 1 amide bonds. The fourth-order valence-electron chi connectivity index (χ4n) is 9.11. The summed E-state index contributed by atoms with van der Waals surface area (Å²) >= 11 is 0. The number of aliphatic hydroxyl groups excluding tert-OH is 2. The van der Waals surface area contributed by atoms with Crippen molar-refractivity contribution < 1.29 is 24.5 Å². The van der Waals surface area contributed by atoms with Crippen LogP contribution in [0, 0.1) is 0 Å². The number of aliphatic hydroxyl groups is 2. The molecule has 0 heterocycles. The van der Waals surface area contributed by atoms with Crippen LogP contribution in [-0.2, 0) is 14.3 Å². The SMILES string of the molecule is CCCCCCCCCCCC/C=C/C(O)C(CO)NC(=O)CCCCCCCCCCCCCCCCCCCCCCCCOC(=O)CCCCCCCCCCCCCCC. The molecule has 0 aromatic rings. The number of amides is 1. The monoisotopic (exact) mass is 904 g/mol. The Bertz CT molecular complexity index is 955. The van der Waals surface area contributed by atoms with E-state index in [1.807, 2.05) is 6.08 Å². The number of esters is 1. The first-order valence-electron chi connectivity index (χ1n) is 29.0. The van der Waals surface area contributed by atoms with Crippen molar-refractivity contribution in [3.63, 3.8) is 0 Å². The molecule has 0 spiro atoms. The average Bonchev–Trinajstić information content (AvgIpc) is 3.29. The van der Waals surface area contributed by atoms with Crippen molar-refractivity contribution >= 4 is 11.9 Å². The predicted molar refractivity (Wildman–Crippen MR) is 278 cm³/mol. The summed E-state index contributed by atoms with van der Waals surface area (Å²) in [4.78, 5) is 24.4. The van der Waals surface area contributed by atoms with E-state index in [2.05, 4.69) is 19.2 Å². The lowest BCUT2D eigenvalue weighted by molar-refractivity contribution is -0.143. The molecule has 0 aliphatic heterocycles. The van der Waals surface area contributed by atoms with Crippen LogP contribution in [0.1, 0.15) is 322 Å². The third-order valence-corrected chi connectivity index (χ3v) is 13.6. The Hall–Kier alpha value is -1.40. The molecule has 0 saturated carbocycles. The molecule has 0 saturated heterocycles. The van der Waals surface area contributed by atoms with Crippen LogP contribution in [-0.4, -0.2) is 47.4 Å². The second-order valence-electron chi connectivity index (χ2n) is 20.0. The predicted octanol–water partition coefficient (Wildman–Crippen LogP) is 17.7. The summed E-state index contributed by atoms with van der Waals surface area (Å²) < 4.78 is 5.48. The molecule has 0 aliphatic rings. The van der Waals surface area contributed by atoms with Gasteiger partial charge >= 0.3 is 5.97 Å². The Morgan fingerprint density at radius 2 is 0.719 bits per heavy atom. The van der Waals surface area contributed by atoms with Gasteiger partial charge in [-0.05, 0) is 32.1 Å². The fraction of sp³-hybridized carbons (Fsp3) is 0.931. The van der Waals surface area contributed by atoms with Crippen molar-refractivity contribution in [2.45, 2.75) is 334 Å². The van der Waals surface area contributed by atoms with E-state index < -0.39 is 12.1 Å². The van der Waals surface area contributed by atoms with Crippen LogP contribution >= 0.6 is 0 Å². The highest BCUT2D eigenvalue weighted by atomic mass is 16.5. The van der Waals surface area contributed by atoms with Crippen LogP contribution in [0.25, 0.3) is 0 Å². The molecule has 6 nitrogen and oxygen atoms in total. The molecule has 0 fully saturated rings. The Kier molecular flexibility index (Phi) is 53.0. The first-order chi connectivity index (χ1) is 31.5. The number of nitrogens with one attached hydrogen (secondary N) is 1. The largest absolute Gasteiger partial charge is 0.466 e.